The zero-order chi connectivity index (χ0) is 20.2. The second kappa shape index (κ2) is 8.02. The number of hydrogen-bond acceptors (Lipinski definition) is 5. The van der Waals surface area contributed by atoms with Crippen LogP contribution >= 0.6 is 0 Å². The predicted molar refractivity (Wildman–Crippen MR) is 110 cm³/mol. The number of esters is 1. The van der Waals surface area contributed by atoms with E-state index in [2.05, 4.69) is 0 Å². The van der Waals surface area contributed by atoms with Crippen molar-refractivity contribution in [2.45, 2.75) is 6.92 Å². The summed E-state index contributed by atoms with van der Waals surface area (Å²) in [6.07, 6.45) is 0. The molecule has 0 amide bonds. The van der Waals surface area contributed by atoms with Gasteiger partial charge in [0.1, 0.15) is 22.6 Å². The van der Waals surface area contributed by atoms with Crippen LogP contribution in [0, 0.1) is 0 Å². The molecule has 0 bridgehead atoms. The van der Waals surface area contributed by atoms with Gasteiger partial charge in [0, 0.05) is 17.5 Å². The normalized spacial score (nSPS) is 10.7. The van der Waals surface area contributed by atoms with Gasteiger partial charge in [0.25, 0.3) is 0 Å². The summed E-state index contributed by atoms with van der Waals surface area (Å²) in [5, 5.41) is 0.755. The molecule has 0 radical (unpaired) electrons. The van der Waals surface area contributed by atoms with Crippen LogP contribution in [0.3, 0.4) is 0 Å². The number of fused-ring (bicyclic) bond motifs is 1. The van der Waals surface area contributed by atoms with Gasteiger partial charge < -0.3 is 13.9 Å². The third-order valence-corrected chi connectivity index (χ3v) is 4.42. The highest BCUT2D eigenvalue weighted by Gasteiger charge is 2.16. The van der Waals surface area contributed by atoms with Crippen molar-refractivity contribution in [1.29, 1.82) is 0 Å². The Hall–Kier alpha value is -3.86. The second-order valence-electron chi connectivity index (χ2n) is 6.32. The van der Waals surface area contributed by atoms with E-state index in [0.717, 1.165) is 16.5 Å². The van der Waals surface area contributed by atoms with Crippen molar-refractivity contribution < 1.29 is 18.7 Å². The molecule has 4 aromatic rings. The number of ether oxygens (including phenoxy) is 2. The zero-order valence-electron chi connectivity index (χ0n) is 15.8. The second-order valence-corrected chi connectivity index (χ2v) is 6.32. The van der Waals surface area contributed by atoms with E-state index in [1.165, 1.54) is 6.07 Å². The van der Waals surface area contributed by atoms with Crippen molar-refractivity contribution in [3.05, 3.63) is 94.8 Å². The monoisotopic (exact) mass is 386 g/mol. The van der Waals surface area contributed by atoms with Crippen LogP contribution in [0.5, 0.6) is 11.5 Å². The molecule has 1 aromatic heterocycles. The topological polar surface area (TPSA) is 65.7 Å². The molecule has 1 heterocycles. The van der Waals surface area contributed by atoms with Gasteiger partial charge in [-0.25, -0.2) is 9.59 Å². The molecular weight excluding hydrogens is 368 g/mol. The van der Waals surface area contributed by atoms with Gasteiger partial charge in [-0.15, -0.1) is 0 Å². The summed E-state index contributed by atoms with van der Waals surface area (Å²) in [5.41, 5.74) is 1.87. The van der Waals surface area contributed by atoms with Gasteiger partial charge >= 0.3 is 11.6 Å². The molecule has 144 valence electrons. The van der Waals surface area contributed by atoms with Crippen LogP contribution in [-0.2, 0) is 0 Å². The average Bonchev–Trinajstić information content (AvgIpc) is 2.74. The van der Waals surface area contributed by atoms with Crippen molar-refractivity contribution in [2.24, 2.45) is 0 Å². The van der Waals surface area contributed by atoms with Gasteiger partial charge in [0.2, 0.25) is 0 Å². The highest BCUT2D eigenvalue weighted by atomic mass is 16.5. The van der Waals surface area contributed by atoms with Crippen LogP contribution < -0.4 is 15.1 Å². The maximum Gasteiger partial charge on any atom is 0.347 e. The van der Waals surface area contributed by atoms with Crippen LogP contribution in [-0.4, -0.2) is 12.6 Å². The molecule has 0 atom stereocenters. The molecule has 0 spiro atoms. The first kappa shape index (κ1) is 18.5. The Morgan fingerprint density at radius 3 is 2.48 bits per heavy atom. The van der Waals surface area contributed by atoms with Crippen molar-refractivity contribution in [2.75, 3.05) is 6.61 Å². The largest absolute Gasteiger partial charge is 0.493 e. The molecule has 0 aliphatic carbocycles. The first-order chi connectivity index (χ1) is 14.2. The van der Waals surface area contributed by atoms with E-state index in [9.17, 15) is 9.59 Å². The number of carbonyl (C=O) groups excluding carboxylic acids is 1. The molecule has 0 unspecified atom stereocenters. The minimum absolute atomic E-state index is 0.280. The van der Waals surface area contributed by atoms with Gasteiger partial charge in [0.05, 0.1) is 6.61 Å². The number of carbonyl (C=O) groups is 1. The first-order valence-corrected chi connectivity index (χ1v) is 9.23. The van der Waals surface area contributed by atoms with Gasteiger partial charge in [-0.2, -0.15) is 0 Å². The number of hydrogen-bond donors (Lipinski definition) is 0. The molecule has 0 N–H and O–H groups in total. The number of benzene rings is 3. The van der Waals surface area contributed by atoms with E-state index >= 15 is 0 Å². The third kappa shape index (κ3) is 3.89. The maximum atomic E-state index is 12.6. The fourth-order valence-corrected chi connectivity index (χ4v) is 3.14. The van der Waals surface area contributed by atoms with Crippen LogP contribution in [0.1, 0.15) is 17.3 Å². The molecule has 4 rings (SSSR count). The van der Waals surface area contributed by atoms with Crippen molar-refractivity contribution in [1.82, 2.24) is 0 Å². The number of rotatable bonds is 5. The summed E-state index contributed by atoms with van der Waals surface area (Å²) in [7, 11) is 0. The molecular formula is C24H18O5. The van der Waals surface area contributed by atoms with E-state index in [-0.39, 0.29) is 5.75 Å². The standard InChI is InChI=1S/C24H18O5/c1-2-27-21-11-7-6-10-19(21)24(26)28-17-12-13-18-20(16-8-4-3-5-9-16)15-23(25)29-22(18)14-17/h3-15H,2H2,1H3. The van der Waals surface area contributed by atoms with E-state index in [4.69, 9.17) is 13.9 Å². The number of para-hydroxylation sites is 1. The fourth-order valence-electron chi connectivity index (χ4n) is 3.14. The summed E-state index contributed by atoms with van der Waals surface area (Å²) in [4.78, 5) is 24.7. The Bertz CT molecular complexity index is 1220. The van der Waals surface area contributed by atoms with Crippen molar-refractivity contribution in [3.63, 3.8) is 0 Å². The lowest BCUT2D eigenvalue weighted by Gasteiger charge is -2.10. The molecule has 29 heavy (non-hydrogen) atoms. The van der Waals surface area contributed by atoms with Crippen molar-refractivity contribution in [3.8, 4) is 22.6 Å². The van der Waals surface area contributed by atoms with Gasteiger partial charge in [-0.05, 0) is 42.3 Å². The molecule has 5 nitrogen and oxygen atoms in total. The van der Waals surface area contributed by atoms with Gasteiger partial charge in [-0.1, -0.05) is 42.5 Å². The minimum Gasteiger partial charge on any atom is -0.493 e. The maximum absolute atomic E-state index is 12.6. The van der Waals surface area contributed by atoms with Gasteiger partial charge in [-0.3, -0.25) is 0 Å². The Labute approximate surface area is 167 Å². The molecule has 0 aliphatic rings. The van der Waals surface area contributed by atoms with Crippen LogP contribution in [0.2, 0.25) is 0 Å². The van der Waals surface area contributed by atoms with Crippen molar-refractivity contribution >= 4 is 16.9 Å². The minimum atomic E-state index is -0.546. The Kier molecular flexibility index (Phi) is 5.12. The molecule has 3 aromatic carbocycles. The quantitative estimate of drug-likeness (QED) is 0.272. The molecule has 0 saturated heterocycles. The summed E-state index contributed by atoms with van der Waals surface area (Å²) in [5.74, 6) is 0.191. The highest BCUT2D eigenvalue weighted by Crippen LogP contribution is 2.30. The Balaban J connectivity index is 1.70. The van der Waals surface area contributed by atoms with Crippen LogP contribution in [0.4, 0.5) is 0 Å². The van der Waals surface area contributed by atoms with E-state index in [1.54, 1.807) is 42.5 Å². The Morgan fingerprint density at radius 1 is 0.931 bits per heavy atom. The zero-order valence-corrected chi connectivity index (χ0v) is 15.8. The van der Waals surface area contributed by atoms with Crippen LogP contribution in [0.15, 0.2) is 88.1 Å². The molecule has 0 aliphatic heterocycles. The molecule has 0 saturated carbocycles. The summed E-state index contributed by atoms with van der Waals surface area (Å²) in [6, 6.07) is 22.9. The fraction of sp³-hybridized carbons (Fsp3) is 0.0833. The van der Waals surface area contributed by atoms with Crippen LogP contribution in [0.25, 0.3) is 22.1 Å². The van der Waals surface area contributed by atoms with E-state index in [0.29, 0.717) is 23.5 Å². The van der Waals surface area contributed by atoms with Gasteiger partial charge in [0.15, 0.2) is 0 Å². The summed E-state index contributed by atoms with van der Waals surface area (Å²) >= 11 is 0. The third-order valence-electron chi connectivity index (χ3n) is 4.42. The highest BCUT2D eigenvalue weighted by molar-refractivity contribution is 5.96. The van der Waals surface area contributed by atoms with E-state index < -0.39 is 11.6 Å². The Morgan fingerprint density at radius 2 is 1.69 bits per heavy atom. The molecule has 5 heteroatoms. The average molecular weight is 386 g/mol. The molecule has 0 fully saturated rings. The lowest BCUT2D eigenvalue weighted by Crippen LogP contribution is -2.11. The predicted octanol–water partition coefficient (Wildman–Crippen LogP) is 5.08. The first-order valence-electron chi connectivity index (χ1n) is 9.23. The van der Waals surface area contributed by atoms with E-state index in [1.807, 2.05) is 37.3 Å². The SMILES string of the molecule is CCOc1ccccc1C(=O)Oc1ccc2c(-c3ccccc3)cc(=O)oc2c1. The summed E-state index contributed by atoms with van der Waals surface area (Å²) < 4.78 is 16.3. The lowest BCUT2D eigenvalue weighted by molar-refractivity contribution is 0.0730. The lowest BCUT2D eigenvalue weighted by atomic mass is 10.0. The summed E-state index contributed by atoms with van der Waals surface area (Å²) in [6.45, 7) is 2.28. The smallest absolute Gasteiger partial charge is 0.347 e.